The first-order valence-corrected chi connectivity index (χ1v) is 6.63. The van der Waals surface area contributed by atoms with Crippen LogP contribution in [0.5, 0.6) is 0 Å². The van der Waals surface area contributed by atoms with Crippen molar-refractivity contribution in [1.82, 2.24) is 4.98 Å². The molecule has 0 amide bonds. The van der Waals surface area contributed by atoms with E-state index in [2.05, 4.69) is 20.9 Å². The summed E-state index contributed by atoms with van der Waals surface area (Å²) in [7, 11) is 0. The number of carbonyl (C=O) groups excluding carboxylic acids is 1. The second kappa shape index (κ2) is 5.01. The van der Waals surface area contributed by atoms with Crippen LogP contribution in [0.25, 0.3) is 10.8 Å². The van der Waals surface area contributed by atoms with Crippen molar-refractivity contribution in [3.8, 4) is 10.8 Å². The zero-order valence-electron chi connectivity index (χ0n) is 9.32. The topological polar surface area (TPSA) is 52.3 Å². The lowest BCUT2D eigenvalue weighted by Crippen LogP contribution is -2.06. The Kier molecular flexibility index (Phi) is 3.63. The second-order valence-corrected chi connectivity index (χ2v) is 5.23. The van der Waals surface area contributed by atoms with Gasteiger partial charge in [0.1, 0.15) is 0 Å². The number of aromatic nitrogens is 1. The summed E-state index contributed by atoms with van der Waals surface area (Å²) in [5.41, 5.74) is 0.361. The lowest BCUT2D eigenvalue weighted by Gasteiger charge is -1.97. The molecule has 2 heterocycles. The van der Waals surface area contributed by atoms with Crippen LogP contribution in [0.1, 0.15) is 22.3 Å². The first-order valence-electron chi connectivity index (χ1n) is 5.02. The molecule has 0 aliphatic heterocycles. The van der Waals surface area contributed by atoms with Crippen LogP contribution in [-0.4, -0.2) is 17.6 Å². The quantitative estimate of drug-likeness (QED) is 0.811. The number of halogens is 1. The predicted octanol–water partition coefficient (Wildman–Crippen LogP) is 3.65. The molecule has 0 saturated heterocycles. The Morgan fingerprint density at radius 1 is 1.59 bits per heavy atom. The van der Waals surface area contributed by atoms with Gasteiger partial charge in [-0.2, -0.15) is 0 Å². The molecule has 2 rings (SSSR count). The fourth-order valence-corrected chi connectivity index (χ4v) is 2.49. The van der Waals surface area contributed by atoms with E-state index in [1.54, 1.807) is 19.1 Å². The molecular formula is C11H10BrNO3S. The zero-order chi connectivity index (χ0) is 12.4. The lowest BCUT2D eigenvalue weighted by atomic mass is 10.4. The first-order chi connectivity index (χ1) is 8.11. The molecule has 0 N–H and O–H groups in total. The van der Waals surface area contributed by atoms with Gasteiger partial charge in [-0.25, -0.2) is 9.78 Å². The van der Waals surface area contributed by atoms with Crippen LogP contribution in [0.4, 0.5) is 0 Å². The molecule has 0 atom stereocenters. The molecule has 0 aromatic carbocycles. The molecule has 0 radical (unpaired) electrons. The predicted molar refractivity (Wildman–Crippen MR) is 68.2 cm³/mol. The summed E-state index contributed by atoms with van der Waals surface area (Å²) in [6.45, 7) is 3.95. The van der Waals surface area contributed by atoms with E-state index in [1.807, 2.05) is 6.92 Å². The van der Waals surface area contributed by atoms with Gasteiger partial charge < -0.3 is 9.15 Å². The van der Waals surface area contributed by atoms with Crippen molar-refractivity contribution in [2.24, 2.45) is 0 Å². The van der Waals surface area contributed by atoms with Gasteiger partial charge >= 0.3 is 5.97 Å². The summed E-state index contributed by atoms with van der Waals surface area (Å²) >= 11 is 4.64. The Bertz CT molecular complexity index is 547. The van der Waals surface area contributed by atoms with Gasteiger partial charge in [0, 0.05) is 4.88 Å². The van der Waals surface area contributed by atoms with Crippen molar-refractivity contribution >= 4 is 33.2 Å². The number of furan rings is 1. The van der Waals surface area contributed by atoms with Crippen LogP contribution < -0.4 is 0 Å². The largest absolute Gasteiger partial charge is 0.461 e. The van der Waals surface area contributed by atoms with Crippen molar-refractivity contribution in [3.63, 3.8) is 0 Å². The normalized spacial score (nSPS) is 10.5. The van der Waals surface area contributed by atoms with Gasteiger partial charge in [0.2, 0.25) is 0 Å². The number of rotatable bonds is 3. The standard InChI is InChI=1S/C11H10BrNO3S/c1-3-15-11(14)9-6(2)17-10(13-9)7-4-5-8(12)16-7/h4-5H,3H2,1-2H3. The average Bonchev–Trinajstić information content (AvgIpc) is 2.85. The molecule has 6 heteroatoms. The van der Waals surface area contributed by atoms with Gasteiger partial charge in [0.15, 0.2) is 21.1 Å². The Balaban J connectivity index is 2.33. The third kappa shape index (κ3) is 2.58. The number of hydrogen-bond acceptors (Lipinski definition) is 5. The number of nitrogens with zero attached hydrogens (tertiary/aromatic N) is 1. The fraction of sp³-hybridized carbons (Fsp3) is 0.273. The molecule has 0 spiro atoms. The van der Waals surface area contributed by atoms with E-state index in [4.69, 9.17) is 9.15 Å². The monoisotopic (exact) mass is 315 g/mol. The number of aryl methyl sites for hydroxylation is 1. The van der Waals surface area contributed by atoms with Crippen molar-refractivity contribution in [1.29, 1.82) is 0 Å². The Morgan fingerprint density at radius 2 is 2.35 bits per heavy atom. The van der Waals surface area contributed by atoms with E-state index in [0.717, 1.165) is 4.88 Å². The van der Waals surface area contributed by atoms with Crippen LogP contribution in [0.3, 0.4) is 0 Å². The molecule has 0 aliphatic carbocycles. The minimum absolute atomic E-state index is 0.345. The molecule has 2 aromatic rings. The van der Waals surface area contributed by atoms with Gasteiger partial charge in [-0.15, -0.1) is 11.3 Å². The maximum Gasteiger partial charge on any atom is 0.358 e. The Morgan fingerprint density at radius 3 is 2.94 bits per heavy atom. The van der Waals surface area contributed by atoms with Crippen LogP contribution >= 0.6 is 27.3 Å². The summed E-state index contributed by atoms with van der Waals surface area (Å²) < 4.78 is 11.0. The van der Waals surface area contributed by atoms with Crippen molar-refractivity contribution in [2.75, 3.05) is 6.61 Å². The van der Waals surface area contributed by atoms with Crippen LogP contribution in [0, 0.1) is 6.92 Å². The van der Waals surface area contributed by atoms with E-state index >= 15 is 0 Å². The summed E-state index contributed by atoms with van der Waals surface area (Å²) in [4.78, 5) is 16.7. The molecule has 90 valence electrons. The molecule has 2 aromatic heterocycles. The van der Waals surface area contributed by atoms with Gasteiger partial charge in [0.25, 0.3) is 0 Å². The van der Waals surface area contributed by atoms with Gasteiger partial charge in [-0.3, -0.25) is 0 Å². The number of ether oxygens (including phenoxy) is 1. The van der Waals surface area contributed by atoms with Crippen molar-refractivity contribution in [2.45, 2.75) is 13.8 Å². The highest BCUT2D eigenvalue weighted by Crippen LogP contribution is 2.30. The van der Waals surface area contributed by atoms with E-state index in [-0.39, 0.29) is 0 Å². The minimum atomic E-state index is -0.391. The third-order valence-electron chi connectivity index (χ3n) is 2.05. The average molecular weight is 316 g/mol. The highest BCUT2D eigenvalue weighted by atomic mass is 79.9. The molecule has 0 fully saturated rings. The van der Waals surface area contributed by atoms with Gasteiger partial charge in [-0.1, -0.05) is 0 Å². The molecule has 0 unspecified atom stereocenters. The number of hydrogen-bond donors (Lipinski definition) is 0. The molecule has 0 bridgehead atoms. The Labute approximate surface area is 111 Å². The number of thiazole rings is 1. The summed E-state index contributed by atoms with van der Waals surface area (Å²) in [5, 5.41) is 0.677. The fourth-order valence-electron chi connectivity index (χ4n) is 1.32. The highest BCUT2D eigenvalue weighted by Gasteiger charge is 2.18. The second-order valence-electron chi connectivity index (χ2n) is 3.25. The first kappa shape index (κ1) is 12.3. The number of esters is 1. The minimum Gasteiger partial charge on any atom is -0.461 e. The summed E-state index contributed by atoms with van der Waals surface area (Å²) in [6, 6.07) is 3.59. The van der Waals surface area contributed by atoms with Crippen LogP contribution in [0.15, 0.2) is 21.2 Å². The molecule has 0 aliphatic rings. The third-order valence-corrected chi connectivity index (χ3v) is 3.46. The maximum atomic E-state index is 11.6. The van der Waals surface area contributed by atoms with Gasteiger partial charge in [0.05, 0.1) is 6.61 Å². The molecule has 17 heavy (non-hydrogen) atoms. The highest BCUT2D eigenvalue weighted by molar-refractivity contribution is 9.10. The summed E-state index contributed by atoms with van der Waals surface area (Å²) in [5.74, 6) is 0.249. The molecule has 4 nitrogen and oxygen atoms in total. The number of carbonyl (C=O) groups is 1. The van der Waals surface area contributed by atoms with Crippen molar-refractivity contribution < 1.29 is 13.9 Å². The van der Waals surface area contributed by atoms with Crippen molar-refractivity contribution in [3.05, 3.63) is 27.4 Å². The van der Waals surface area contributed by atoms with Crippen LogP contribution in [0.2, 0.25) is 0 Å². The molecule has 0 saturated carbocycles. The smallest absolute Gasteiger partial charge is 0.358 e. The zero-order valence-corrected chi connectivity index (χ0v) is 11.7. The maximum absolute atomic E-state index is 11.6. The molecular weight excluding hydrogens is 306 g/mol. The van der Waals surface area contributed by atoms with E-state index in [9.17, 15) is 4.79 Å². The van der Waals surface area contributed by atoms with Crippen LogP contribution in [-0.2, 0) is 4.74 Å². The van der Waals surface area contributed by atoms with E-state index in [0.29, 0.717) is 27.7 Å². The van der Waals surface area contributed by atoms with E-state index < -0.39 is 5.97 Å². The van der Waals surface area contributed by atoms with E-state index in [1.165, 1.54) is 11.3 Å². The summed E-state index contributed by atoms with van der Waals surface area (Å²) in [6.07, 6.45) is 0. The lowest BCUT2D eigenvalue weighted by molar-refractivity contribution is 0.0519. The van der Waals surface area contributed by atoms with Gasteiger partial charge in [-0.05, 0) is 41.9 Å². The Hall–Kier alpha value is -1.14. The SMILES string of the molecule is CCOC(=O)c1nc(-c2ccc(Br)o2)sc1C.